The van der Waals surface area contributed by atoms with Gasteiger partial charge in [0.2, 0.25) is 0 Å². The average Bonchev–Trinajstić information content (AvgIpc) is 2.76. The maximum atomic E-state index is 9.74. The van der Waals surface area contributed by atoms with Crippen molar-refractivity contribution in [2.75, 3.05) is 19.7 Å². The third kappa shape index (κ3) is 5.36. The van der Waals surface area contributed by atoms with Crippen LogP contribution < -0.4 is 5.32 Å². The molecule has 1 fully saturated rings. The van der Waals surface area contributed by atoms with Crippen LogP contribution in [0.1, 0.15) is 52.9 Å². The highest BCUT2D eigenvalue weighted by Gasteiger charge is 2.31. The number of hydrogen-bond acceptors (Lipinski definition) is 3. The highest BCUT2D eigenvalue weighted by molar-refractivity contribution is 4.85. The topological polar surface area (TPSA) is 41.5 Å². The van der Waals surface area contributed by atoms with Crippen LogP contribution in [0.2, 0.25) is 0 Å². The summed E-state index contributed by atoms with van der Waals surface area (Å²) in [6, 6.07) is 0. The van der Waals surface area contributed by atoms with E-state index in [0.29, 0.717) is 18.6 Å². The number of nitrogens with one attached hydrogen (secondary N) is 1. The van der Waals surface area contributed by atoms with Crippen LogP contribution in [0.5, 0.6) is 0 Å². The van der Waals surface area contributed by atoms with Crippen molar-refractivity contribution < 1.29 is 9.84 Å². The maximum Gasteiger partial charge on any atom is 0.0897 e. The predicted molar refractivity (Wildman–Crippen MR) is 71.2 cm³/mol. The molecule has 0 aliphatic heterocycles. The highest BCUT2D eigenvalue weighted by Crippen LogP contribution is 2.40. The number of rotatable bonds is 8. The third-order valence-corrected chi connectivity index (χ3v) is 3.92. The van der Waals surface area contributed by atoms with Crippen LogP contribution in [0.4, 0.5) is 0 Å². The molecule has 1 atom stereocenters. The van der Waals surface area contributed by atoms with Gasteiger partial charge in [-0.3, -0.25) is 0 Å². The van der Waals surface area contributed by atoms with E-state index in [4.69, 9.17) is 4.74 Å². The zero-order chi connectivity index (χ0) is 12.7. The van der Waals surface area contributed by atoms with E-state index in [2.05, 4.69) is 12.2 Å². The van der Waals surface area contributed by atoms with Gasteiger partial charge in [0.05, 0.1) is 18.8 Å². The zero-order valence-electron chi connectivity index (χ0n) is 11.7. The summed E-state index contributed by atoms with van der Waals surface area (Å²) in [4.78, 5) is 0. The molecule has 1 rings (SSSR count). The first-order valence-electron chi connectivity index (χ1n) is 7.08. The molecule has 0 spiro atoms. The molecular weight excluding hydrogens is 214 g/mol. The highest BCUT2D eigenvalue weighted by atomic mass is 16.5. The summed E-state index contributed by atoms with van der Waals surface area (Å²) in [7, 11) is 0. The van der Waals surface area contributed by atoms with E-state index in [1.165, 1.54) is 32.1 Å². The van der Waals surface area contributed by atoms with E-state index in [1.807, 2.05) is 13.8 Å². The molecule has 17 heavy (non-hydrogen) atoms. The molecule has 1 unspecified atom stereocenters. The van der Waals surface area contributed by atoms with Gasteiger partial charge in [0.15, 0.2) is 0 Å². The summed E-state index contributed by atoms with van der Waals surface area (Å²) >= 11 is 0. The molecule has 102 valence electrons. The molecule has 0 aromatic rings. The van der Waals surface area contributed by atoms with Crippen LogP contribution in [-0.4, -0.2) is 37.0 Å². The minimum atomic E-state index is -0.382. The minimum absolute atomic E-state index is 0.196. The second-order valence-electron chi connectivity index (χ2n) is 5.73. The molecule has 1 aliphatic rings. The molecule has 0 bridgehead atoms. The number of hydrogen-bond donors (Lipinski definition) is 2. The van der Waals surface area contributed by atoms with E-state index >= 15 is 0 Å². The van der Waals surface area contributed by atoms with Crippen LogP contribution in [0, 0.1) is 5.41 Å². The largest absolute Gasteiger partial charge is 0.389 e. The van der Waals surface area contributed by atoms with Gasteiger partial charge in [-0.15, -0.1) is 0 Å². The average molecular weight is 243 g/mol. The standard InChI is InChI=1S/C14H29NO2/c1-4-14(7-5-6-8-14)11-15-9-13(16)10-17-12(2)3/h12-13,15-16H,4-11H2,1-3H3. The summed E-state index contributed by atoms with van der Waals surface area (Å²) < 4.78 is 5.39. The minimum Gasteiger partial charge on any atom is -0.389 e. The Labute approximate surface area is 106 Å². The summed E-state index contributed by atoms with van der Waals surface area (Å²) in [5, 5.41) is 13.2. The molecular formula is C14H29NO2. The lowest BCUT2D eigenvalue weighted by Crippen LogP contribution is -2.38. The fourth-order valence-electron chi connectivity index (χ4n) is 2.65. The lowest BCUT2D eigenvalue weighted by Gasteiger charge is -2.28. The van der Waals surface area contributed by atoms with Crippen LogP contribution in [0.3, 0.4) is 0 Å². The van der Waals surface area contributed by atoms with E-state index in [0.717, 1.165) is 6.54 Å². The molecule has 0 aromatic carbocycles. The van der Waals surface area contributed by atoms with Gasteiger partial charge < -0.3 is 15.2 Å². The Balaban J connectivity index is 2.13. The molecule has 1 saturated carbocycles. The van der Waals surface area contributed by atoms with Crippen LogP contribution in [0.15, 0.2) is 0 Å². The van der Waals surface area contributed by atoms with Gasteiger partial charge in [0, 0.05) is 13.1 Å². The van der Waals surface area contributed by atoms with Gasteiger partial charge >= 0.3 is 0 Å². The Morgan fingerprint density at radius 2 is 1.94 bits per heavy atom. The first kappa shape index (κ1) is 14.9. The van der Waals surface area contributed by atoms with E-state index in [9.17, 15) is 5.11 Å². The molecule has 3 heteroatoms. The fraction of sp³-hybridized carbons (Fsp3) is 1.00. The predicted octanol–water partition coefficient (Wildman–Crippen LogP) is 2.33. The first-order valence-corrected chi connectivity index (χ1v) is 7.08. The summed E-state index contributed by atoms with van der Waals surface area (Å²) in [6.07, 6.45) is 6.49. The Morgan fingerprint density at radius 3 is 2.47 bits per heavy atom. The van der Waals surface area contributed by atoms with Crippen molar-refractivity contribution in [2.24, 2.45) is 5.41 Å². The molecule has 1 aliphatic carbocycles. The Hall–Kier alpha value is -0.120. The van der Waals surface area contributed by atoms with Crippen molar-refractivity contribution in [3.63, 3.8) is 0 Å². The fourth-order valence-corrected chi connectivity index (χ4v) is 2.65. The van der Waals surface area contributed by atoms with Crippen LogP contribution in [-0.2, 0) is 4.74 Å². The number of aliphatic hydroxyl groups is 1. The Kier molecular flexibility index (Phi) is 6.45. The molecule has 0 aromatic heterocycles. The van der Waals surface area contributed by atoms with E-state index < -0.39 is 0 Å². The summed E-state index contributed by atoms with van der Waals surface area (Å²) in [5.74, 6) is 0. The van der Waals surface area contributed by atoms with Crippen molar-refractivity contribution in [3.05, 3.63) is 0 Å². The van der Waals surface area contributed by atoms with Gasteiger partial charge in [-0.05, 0) is 38.5 Å². The second-order valence-corrected chi connectivity index (χ2v) is 5.73. The maximum absolute atomic E-state index is 9.74. The SMILES string of the molecule is CCC1(CNCC(O)COC(C)C)CCCC1. The van der Waals surface area contributed by atoms with Crippen molar-refractivity contribution >= 4 is 0 Å². The number of aliphatic hydroxyl groups excluding tert-OH is 1. The van der Waals surface area contributed by atoms with Crippen molar-refractivity contribution in [1.82, 2.24) is 5.32 Å². The molecule has 0 radical (unpaired) electrons. The lowest BCUT2D eigenvalue weighted by atomic mass is 9.83. The zero-order valence-corrected chi connectivity index (χ0v) is 11.7. The van der Waals surface area contributed by atoms with Crippen molar-refractivity contribution in [2.45, 2.75) is 65.1 Å². The van der Waals surface area contributed by atoms with Gasteiger partial charge in [-0.1, -0.05) is 19.8 Å². The Morgan fingerprint density at radius 1 is 1.29 bits per heavy atom. The molecule has 3 nitrogen and oxygen atoms in total. The quantitative estimate of drug-likeness (QED) is 0.687. The summed E-state index contributed by atoms with van der Waals surface area (Å²) in [5.41, 5.74) is 0.499. The second kappa shape index (κ2) is 7.34. The molecule has 0 heterocycles. The number of ether oxygens (including phenoxy) is 1. The molecule has 2 N–H and O–H groups in total. The third-order valence-electron chi connectivity index (χ3n) is 3.92. The van der Waals surface area contributed by atoms with E-state index in [-0.39, 0.29) is 12.2 Å². The normalized spacial score (nSPS) is 21.0. The van der Waals surface area contributed by atoms with Crippen LogP contribution >= 0.6 is 0 Å². The first-order chi connectivity index (χ1) is 8.08. The van der Waals surface area contributed by atoms with Gasteiger partial charge in [0.1, 0.15) is 0 Å². The summed E-state index contributed by atoms with van der Waals surface area (Å²) in [6.45, 7) is 8.39. The molecule has 0 saturated heterocycles. The molecule has 0 amide bonds. The van der Waals surface area contributed by atoms with Gasteiger partial charge in [-0.2, -0.15) is 0 Å². The lowest BCUT2D eigenvalue weighted by molar-refractivity contribution is 0.00543. The van der Waals surface area contributed by atoms with Gasteiger partial charge in [-0.25, -0.2) is 0 Å². The monoisotopic (exact) mass is 243 g/mol. The Bertz CT molecular complexity index is 200. The van der Waals surface area contributed by atoms with E-state index in [1.54, 1.807) is 0 Å². The smallest absolute Gasteiger partial charge is 0.0897 e. The van der Waals surface area contributed by atoms with Crippen molar-refractivity contribution in [3.8, 4) is 0 Å². The van der Waals surface area contributed by atoms with Crippen molar-refractivity contribution in [1.29, 1.82) is 0 Å². The van der Waals surface area contributed by atoms with Crippen LogP contribution in [0.25, 0.3) is 0 Å². The van der Waals surface area contributed by atoms with Gasteiger partial charge in [0.25, 0.3) is 0 Å².